The quantitative estimate of drug-likeness (QED) is 0.229. The number of hydrogen-bond acceptors (Lipinski definition) is 7. The van der Waals surface area contributed by atoms with Crippen LogP contribution in [0.15, 0.2) is 111 Å². The number of benzene rings is 4. The van der Waals surface area contributed by atoms with Crippen LogP contribution in [-0.4, -0.2) is 35.5 Å². The van der Waals surface area contributed by atoms with E-state index in [0.29, 0.717) is 39.3 Å². The number of rotatable bonds is 8. The van der Waals surface area contributed by atoms with E-state index in [-0.39, 0.29) is 23.9 Å². The molecule has 0 radical (unpaired) electrons. The van der Waals surface area contributed by atoms with Crippen LogP contribution in [0.5, 0.6) is 11.5 Å². The number of fused-ring (bicyclic) bond motifs is 2. The van der Waals surface area contributed by atoms with Gasteiger partial charge in [-0.2, -0.15) is 9.78 Å². The molecule has 0 spiro atoms. The molecule has 0 atom stereocenters. The molecule has 42 heavy (non-hydrogen) atoms. The number of hydrogen-bond donors (Lipinski definition) is 1. The molecule has 208 valence electrons. The molecule has 0 aliphatic heterocycles. The average Bonchev–Trinajstić information content (AvgIpc) is 3.45. The highest BCUT2D eigenvalue weighted by Crippen LogP contribution is 2.33. The van der Waals surface area contributed by atoms with Gasteiger partial charge in [-0.15, -0.1) is 0 Å². The summed E-state index contributed by atoms with van der Waals surface area (Å²) in [5.41, 5.74) is 3.13. The van der Waals surface area contributed by atoms with Crippen molar-refractivity contribution in [1.29, 1.82) is 0 Å². The first-order valence-electron chi connectivity index (χ1n) is 13.2. The minimum atomic E-state index is -0.348. The van der Waals surface area contributed by atoms with Crippen molar-refractivity contribution in [3.05, 3.63) is 119 Å². The van der Waals surface area contributed by atoms with Crippen molar-refractivity contribution < 1.29 is 18.7 Å². The molecular formula is C33H26N4O5. The fraction of sp³-hybridized carbons (Fsp3) is 0.0909. The number of furan rings is 1. The molecule has 0 fully saturated rings. The van der Waals surface area contributed by atoms with Crippen LogP contribution < -0.4 is 20.3 Å². The summed E-state index contributed by atoms with van der Waals surface area (Å²) in [4.78, 5) is 30.7. The number of para-hydroxylation sites is 2. The minimum Gasteiger partial charge on any atom is -0.496 e. The van der Waals surface area contributed by atoms with Crippen molar-refractivity contribution in [2.45, 2.75) is 6.92 Å². The van der Waals surface area contributed by atoms with Crippen LogP contribution in [0.1, 0.15) is 11.1 Å². The number of anilines is 1. The summed E-state index contributed by atoms with van der Waals surface area (Å²) in [6, 6.07) is 29.0. The molecule has 0 aliphatic carbocycles. The number of carbonyl (C=O) groups excluding carboxylic acids is 1. The van der Waals surface area contributed by atoms with Crippen molar-refractivity contribution in [1.82, 2.24) is 9.66 Å². The first-order valence-corrected chi connectivity index (χ1v) is 13.2. The Kier molecular flexibility index (Phi) is 7.21. The molecule has 2 heterocycles. The van der Waals surface area contributed by atoms with Crippen LogP contribution in [0.2, 0.25) is 0 Å². The number of nitrogens with zero attached hydrogens (tertiary/aromatic N) is 3. The lowest BCUT2D eigenvalue weighted by Crippen LogP contribution is -2.20. The molecule has 2 aromatic heterocycles. The van der Waals surface area contributed by atoms with Gasteiger partial charge < -0.3 is 19.2 Å². The van der Waals surface area contributed by atoms with E-state index in [1.165, 1.54) is 10.9 Å². The Labute approximate surface area is 240 Å². The maximum absolute atomic E-state index is 13.6. The molecule has 0 bridgehead atoms. The van der Waals surface area contributed by atoms with E-state index in [1.807, 2.05) is 61.5 Å². The number of nitrogens with one attached hydrogen (secondary N) is 1. The van der Waals surface area contributed by atoms with E-state index in [9.17, 15) is 9.59 Å². The highest BCUT2D eigenvalue weighted by Gasteiger charge is 2.18. The fourth-order valence-electron chi connectivity index (χ4n) is 4.57. The molecule has 1 N–H and O–H groups in total. The van der Waals surface area contributed by atoms with Gasteiger partial charge in [-0.05, 0) is 66.6 Å². The summed E-state index contributed by atoms with van der Waals surface area (Å²) in [6.45, 7) is 1.76. The third-order valence-electron chi connectivity index (χ3n) is 6.69. The number of methoxy groups -OCH3 is 1. The second-order valence-corrected chi connectivity index (χ2v) is 9.52. The largest absolute Gasteiger partial charge is 0.496 e. The van der Waals surface area contributed by atoms with Gasteiger partial charge in [0.25, 0.3) is 11.5 Å². The maximum Gasteiger partial charge on any atom is 0.282 e. The standard InChI is InChI=1S/C33H26N4O5/c1-21-9-3-5-13-26(21)35-31(38)20-41-23-11-7-10-22(17-23)19-34-37-32(36-27-14-6-4-12-24(27)33(37)39)30-18-25-28(40-2)15-8-16-29(25)42-30/h3-19H,20H2,1-2H3,(H,35,38). The predicted octanol–water partition coefficient (Wildman–Crippen LogP) is 6.03. The topological polar surface area (TPSA) is 108 Å². The monoisotopic (exact) mass is 558 g/mol. The second-order valence-electron chi connectivity index (χ2n) is 9.52. The van der Waals surface area contributed by atoms with Crippen molar-refractivity contribution in [3.8, 4) is 23.1 Å². The van der Waals surface area contributed by atoms with Gasteiger partial charge in [-0.25, -0.2) is 4.98 Å². The van der Waals surface area contributed by atoms with Crippen LogP contribution in [0.4, 0.5) is 5.69 Å². The van der Waals surface area contributed by atoms with Crippen LogP contribution in [0.25, 0.3) is 33.5 Å². The molecule has 4 aromatic carbocycles. The molecule has 6 rings (SSSR count). The molecular weight excluding hydrogens is 532 g/mol. The Morgan fingerprint density at radius 3 is 2.64 bits per heavy atom. The highest BCUT2D eigenvalue weighted by molar-refractivity contribution is 5.92. The Morgan fingerprint density at radius 2 is 1.79 bits per heavy atom. The van der Waals surface area contributed by atoms with E-state index in [2.05, 4.69) is 10.4 Å². The highest BCUT2D eigenvalue weighted by atomic mass is 16.5. The molecule has 0 aliphatic rings. The fourth-order valence-corrected chi connectivity index (χ4v) is 4.57. The molecule has 0 saturated heterocycles. The van der Waals surface area contributed by atoms with Crippen molar-refractivity contribution >= 4 is 39.7 Å². The molecule has 6 aromatic rings. The number of aryl methyl sites for hydroxylation is 1. The molecule has 0 unspecified atom stereocenters. The van der Waals surface area contributed by atoms with Crippen molar-refractivity contribution in [3.63, 3.8) is 0 Å². The Hall–Kier alpha value is -5.70. The lowest BCUT2D eigenvalue weighted by Gasteiger charge is -2.10. The zero-order valence-corrected chi connectivity index (χ0v) is 22.9. The van der Waals surface area contributed by atoms with E-state index in [0.717, 1.165) is 16.6 Å². The summed E-state index contributed by atoms with van der Waals surface area (Å²) < 4.78 is 18.5. The van der Waals surface area contributed by atoms with Crippen molar-refractivity contribution in [2.24, 2.45) is 5.10 Å². The summed E-state index contributed by atoms with van der Waals surface area (Å²) >= 11 is 0. The van der Waals surface area contributed by atoms with Crippen LogP contribution in [0.3, 0.4) is 0 Å². The molecule has 1 amide bonds. The van der Waals surface area contributed by atoms with E-state index >= 15 is 0 Å². The van der Waals surface area contributed by atoms with Crippen LogP contribution in [0, 0.1) is 6.92 Å². The van der Waals surface area contributed by atoms with Gasteiger partial charge in [-0.3, -0.25) is 9.59 Å². The van der Waals surface area contributed by atoms with Crippen molar-refractivity contribution in [2.75, 3.05) is 19.0 Å². The third kappa shape index (κ3) is 5.35. The van der Waals surface area contributed by atoms with Gasteiger partial charge in [0.2, 0.25) is 5.82 Å². The van der Waals surface area contributed by atoms with Gasteiger partial charge in [0.05, 0.1) is 29.6 Å². The lowest BCUT2D eigenvalue weighted by atomic mass is 10.2. The molecule has 9 heteroatoms. The number of carbonyl (C=O) groups is 1. The summed E-state index contributed by atoms with van der Waals surface area (Å²) in [7, 11) is 1.59. The predicted molar refractivity (Wildman–Crippen MR) is 163 cm³/mol. The summed E-state index contributed by atoms with van der Waals surface area (Å²) in [5, 5.41) is 8.53. The first-order chi connectivity index (χ1) is 20.5. The number of aromatic nitrogens is 2. The van der Waals surface area contributed by atoms with Gasteiger partial charge in [0.15, 0.2) is 12.4 Å². The summed E-state index contributed by atoms with van der Waals surface area (Å²) in [5.74, 6) is 1.46. The smallest absolute Gasteiger partial charge is 0.282 e. The van der Waals surface area contributed by atoms with Crippen LogP contribution in [-0.2, 0) is 4.79 Å². The van der Waals surface area contributed by atoms with E-state index in [1.54, 1.807) is 49.6 Å². The van der Waals surface area contributed by atoms with Crippen LogP contribution >= 0.6 is 0 Å². The average molecular weight is 559 g/mol. The van der Waals surface area contributed by atoms with Gasteiger partial charge in [0, 0.05) is 5.69 Å². The van der Waals surface area contributed by atoms with Gasteiger partial charge in [-0.1, -0.05) is 48.5 Å². The summed E-state index contributed by atoms with van der Waals surface area (Å²) in [6.07, 6.45) is 1.53. The number of ether oxygens (including phenoxy) is 2. The maximum atomic E-state index is 13.6. The lowest BCUT2D eigenvalue weighted by molar-refractivity contribution is -0.118. The zero-order valence-electron chi connectivity index (χ0n) is 22.9. The van der Waals surface area contributed by atoms with Gasteiger partial charge >= 0.3 is 0 Å². The zero-order chi connectivity index (χ0) is 29.1. The Bertz CT molecular complexity index is 2030. The molecule has 0 saturated carbocycles. The van der Waals surface area contributed by atoms with Gasteiger partial charge in [0.1, 0.15) is 17.1 Å². The Balaban J connectivity index is 1.30. The third-order valence-corrected chi connectivity index (χ3v) is 6.69. The van der Waals surface area contributed by atoms with E-state index in [4.69, 9.17) is 18.9 Å². The normalized spacial score (nSPS) is 11.3. The minimum absolute atomic E-state index is 0.164. The Morgan fingerprint density at radius 1 is 0.976 bits per heavy atom. The first kappa shape index (κ1) is 26.5. The number of amides is 1. The molecule has 9 nitrogen and oxygen atoms in total. The van der Waals surface area contributed by atoms with E-state index < -0.39 is 0 Å². The second kappa shape index (κ2) is 11.4. The SMILES string of the molecule is COc1cccc2oc(-c3nc4ccccc4c(=O)n3N=Cc3cccc(OCC(=O)Nc4ccccc4C)c3)cc12.